The van der Waals surface area contributed by atoms with Gasteiger partial charge in [0.15, 0.2) is 4.77 Å². The lowest BCUT2D eigenvalue weighted by atomic mass is 9.98. The second kappa shape index (κ2) is 6.06. The van der Waals surface area contributed by atoms with Crippen LogP contribution in [0.15, 0.2) is 18.2 Å². The van der Waals surface area contributed by atoms with Crippen LogP contribution in [0.3, 0.4) is 0 Å². The maximum atomic E-state index is 13.2. The largest absolute Gasteiger partial charge is 0.376 e. The molecule has 1 heterocycles. The first-order valence-corrected chi connectivity index (χ1v) is 7.64. The molecule has 0 atom stereocenters. The Kier molecular flexibility index (Phi) is 4.17. The molecule has 0 saturated heterocycles. The summed E-state index contributed by atoms with van der Waals surface area (Å²) in [5.41, 5.74) is 1.68. The van der Waals surface area contributed by atoms with Crippen molar-refractivity contribution in [3.63, 3.8) is 0 Å². The summed E-state index contributed by atoms with van der Waals surface area (Å²) in [5.74, 6) is -0.251. The van der Waals surface area contributed by atoms with Crippen LogP contribution in [0.1, 0.15) is 32.1 Å². The van der Waals surface area contributed by atoms with E-state index in [9.17, 15) is 4.39 Å². The van der Waals surface area contributed by atoms with Crippen molar-refractivity contribution in [2.24, 2.45) is 0 Å². The molecule has 0 radical (unpaired) electrons. The third-order valence-electron chi connectivity index (χ3n) is 3.96. The number of nitrogens with one attached hydrogen (secondary N) is 1. The van der Waals surface area contributed by atoms with Crippen molar-refractivity contribution < 1.29 is 9.13 Å². The van der Waals surface area contributed by atoms with Gasteiger partial charge in [-0.3, -0.25) is 0 Å². The van der Waals surface area contributed by atoms with Crippen LogP contribution in [0.4, 0.5) is 4.39 Å². The lowest BCUT2D eigenvalue weighted by molar-refractivity contribution is 0.0243. The molecule has 20 heavy (non-hydrogen) atoms. The van der Waals surface area contributed by atoms with Crippen LogP contribution in [0, 0.1) is 10.6 Å². The summed E-state index contributed by atoms with van der Waals surface area (Å²) in [6.45, 7) is 1.37. The second-order valence-electron chi connectivity index (χ2n) is 5.37. The monoisotopic (exact) mass is 294 g/mol. The maximum Gasteiger partial charge on any atom is 0.178 e. The highest BCUT2D eigenvalue weighted by Gasteiger charge is 2.13. The van der Waals surface area contributed by atoms with Crippen molar-refractivity contribution >= 4 is 23.3 Å². The van der Waals surface area contributed by atoms with E-state index in [1.54, 1.807) is 6.07 Å². The number of hydrogen-bond donors (Lipinski definition) is 1. The first-order valence-electron chi connectivity index (χ1n) is 7.24. The van der Waals surface area contributed by atoms with E-state index >= 15 is 0 Å². The molecule has 3 nitrogen and oxygen atoms in total. The maximum absolute atomic E-state index is 13.2. The Bertz CT molecular complexity index is 643. The number of hydrogen-bond acceptors (Lipinski definition) is 2. The molecule has 0 bridgehead atoms. The quantitative estimate of drug-likeness (QED) is 0.857. The van der Waals surface area contributed by atoms with Gasteiger partial charge in [0.25, 0.3) is 0 Å². The standard InChI is InChI=1S/C15H19FN2OS/c16-11-6-7-14-13(10-11)17-15(20)18(14)8-9-19-12-4-2-1-3-5-12/h6-7,10,12H,1-5,8-9H2,(H,17,20). The van der Waals surface area contributed by atoms with Gasteiger partial charge in [0.05, 0.1) is 23.7 Å². The van der Waals surface area contributed by atoms with E-state index in [0.29, 0.717) is 24.0 Å². The molecule has 1 aromatic carbocycles. The zero-order valence-corrected chi connectivity index (χ0v) is 12.2. The molecule has 0 aliphatic heterocycles. The Morgan fingerprint density at radius 1 is 1.30 bits per heavy atom. The van der Waals surface area contributed by atoms with Gasteiger partial charge in [0, 0.05) is 6.54 Å². The van der Waals surface area contributed by atoms with Crippen LogP contribution in [0.25, 0.3) is 11.0 Å². The van der Waals surface area contributed by atoms with Gasteiger partial charge in [-0.2, -0.15) is 0 Å². The first kappa shape index (κ1) is 13.8. The molecule has 1 aliphatic carbocycles. The highest BCUT2D eigenvalue weighted by atomic mass is 32.1. The van der Waals surface area contributed by atoms with Gasteiger partial charge in [-0.15, -0.1) is 0 Å². The molecule has 0 amide bonds. The van der Waals surface area contributed by atoms with Crippen LogP contribution in [-0.2, 0) is 11.3 Å². The van der Waals surface area contributed by atoms with E-state index in [1.807, 2.05) is 4.57 Å². The Labute approximate surface area is 122 Å². The van der Waals surface area contributed by atoms with Crippen LogP contribution in [-0.4, -0.2) is 22.3 Å². The predicted octanol–water partition coefficient (Wildman–Crippen LogP) is 4.19. The zero-order valence-electron chi connectivity index (χ0n) is 11.4. The van der Waals surface area contributed by atoms with Gasteiger partial charge >= 0.3 is 0 Å². The molecule has 2 aromatic rings. The molecule has 1 aromatic heterocycles. The Balaban J connectivity index is 1.68. The summed E-state index contributed by atoms with van der Waals surface area (Å²) in [5, 5.41) is 0. The fraction of sp³-hybridized carbons (Fsp3) is 0.533. The van der Waals surface area contributed by atoms with E-state index in [4.69, 9.17) is 17.0 Å². The third-order valence-corrected chi connectivity index (χ3v) is 4.28. The van der Waals surface area contributed by atoms with Crippen molar-refractivity contribution in [2.75, 3.05) is 6.61 Å². The Morgan fingerprint density at radius 3 is 2.90 bits per heavy atom. The number of rotatable bonds is 4. The third kappa shape index (κ3) is 2.94. The van der Waals surface area contributed by atoms with Crippen LogP contribution >= 0.6 is 12.2 Å². The van der Waals surface area contributed by atoms with Gasteiger partial charge in [0.1, 0.15) is 5.82 Å². The number of H-pyrrole nitrogens is 1. The highest BCUT2D eigenvalue weighted by molar-refractivity contribution is 7.71. The number of aromatic amines is 1. The smallest absolute Gasteiger partial charge is 0.178 e. The summed E-state index contributed by atoms with van der Waals surface area (Å²) < 4.78 is 21.7. The van der Waals surface area contributed by atoms with E-state index in [1.165, 1.54) is 44.2 Å². The lowest BCUT2D eigenvalue weighted by Gasteiger charge is -2.22. The molecular weight excluding hydrogens is 275 g/mol. The fourth-order valence-electron chi connectivity index (χ4n) is 2.90. The SMILES string of the molecule is Fc1ccc2c(c1)[nH]c(=S)n2CCOC1CCCCC1. The van der Waals surface area contributed by atoms with Gasteiger partial charge in [-0.1, -0.05) is 19.3 Å². The molecule has 0 unspecified atom stereocenters. The molecule has 5 heteroatoms. The minimum atomic E-state index is -0.251. The van der Waals surface area contributed by atoms with Gasteiger partial charge < -0.3 is 14.3 Å². The molecule has 1 N–H and O–H groups in total. The Hall–Kier alpha value is -1.20. The number of imidazole rings is 1. The van der Waals surface area contributed by atoms with Crippen molar-refractivity contribution in [1.82, 2.24) is 9.55 Å². The molecular formula is C15H19FN2OS. The number of nitrogens with zero attached hydrogens (tertiary/aromatic N) is 1. The molecule has 3 rings (SSSR count). The minimum Gasteiger partial charge on any atom is -0.376 e. The topological polar surface area (TPSA) is 29.9 Å². The molecule has 108 valence electrons. The summed E-state index contributed by atoms with van der Waals surface area (Å²) in [7, 11) is 0. The van der Waals surface area contributed by atoms with E-state index in [0.717, 1.165) is 11.0 Å². The van der Waals surface area contributed by atoms with Crippen molar-refractivity contribution in [2.45, 2.75) is 44.8 Å². The van der Waals surface area contributed by atoms with E-state index < -0.39 is 0 Å². The average molecular weight is 294 g/mol. The Morgan fingerprint density at radius 2 is 2.10 bits per heavy atom. The number of benzene rings is 1. The normalized spacial score (nSPS) is 16.9. The number of ether oxygens (including phenoxy) is 1. The van der Waals surface area contributed by atoms with Crippen molar-refractivity contribution in [1.29, 1.82) is 0 Å². The summed E-state index contributed by atoms with van der Waals surface area (Å²) in [6, 6.07) is 4.70. The van der Waals surface area contributed by atoms with Crippen molar-refractivity contribution in [3.8, 4) is 0 Å². The highest BCUT2D eigenvalue weighted by Crippen LogP contribution is 2.20. The molecule has 1 saturated carbocycles. The molecule has 1 aliphatic rings. The summed E-state index contributed by atoms with van der Waals surface area (Å²) >= 11 is 5.30. The fourth-order valence-corrected chi connectivity index (χ4v) is 3.20. The predicted molar refractivity (Wildman–Crippen MR) is 79.9 cm³/mol. The number of halogens is 1. The van der Waals surface area contributed by atoms with E-state index in [-0.39, 0.29) is 5.82 Å². The average Bonchev–Trinajstić information content (AvgIpc) is 2.75. The number of fused-ring (bicyclic) bond motifs is 1. The van der Waals surface area contributed by atoms with Gasteiger partial charge in [0.2, 0.25) is 0 Å². The van der Waals surface area contributed by atoms with Gasteiger partial charge in [-0.05, 0) is 43.3 Å². The number of aromatic nitrogens is 2. The van der Waals surface area contributed by atoms with Crippen LogP contribution < -0.4 is 0 Å². The van der Waals surface area contributed by atoms with Crippen molar-refractivity contribution in [3.05, 3.63) is 28.8 Å². The minimum absolute atomic E-state index is 0.251. The first-order chi connectivity index (χ1) is 9.74. The van der Waals surface area contributed by atoms with E-state index in [2.05, 4.69) is 4.98 Å². The second-order valence-corrected chi connectivity index (χ2v) is 5.76. The van der Waals surface area contributed by atoms with Crippen LogP contribution in [0.2, 0.25) is 0 Å². The molecule has 0 spiro atoms. The summed E-state index contributed by atoms with van der Waals surface area (Å²) in [4.78, 5) is 3.04. The van der Waals surface area contributed by atoms with Crippen LogP contribution in [0.5, 0.6) is 0 Å². The van der Waals surface area contributed by atoms with Gasteiger partial charge in [-0.25, -0.2) is 4.39 Å². The molecule has 1 fully saturated rings. The summed E-state index contributed by atoms with van der Waals surface area (Å²) in [6.07, 6.45) is 6.63. The zero-order chi connectivity index (χ0) is 13.9. The lowest BCUT2D eigenvalue weighted by Crippen LogP contribution is -2.19.